The number of rotatable bonds is 2. The number of hydrogen-bond acceptors (Lipinski definition) is 2. The lowest BCUT2D eigenvalue weighted by molar-refractivity contribution is 1.14. The second-order valence-electron chi connectivity index (χ2n) is 4.98. The van der Waals surface area contributed by atoms with Gasteiger partial charge in [-0.15, -0.1) is 0 Å². The summed E-state index contributed by atoms with van der Waals surface area (Å²) in [6.45, 7) is 4.10. The highest BCUT2D eigenvalue weighted by Crippen LogP contribution is 2.31. The van der Waals surface area contributed by atoms with Crippen LogP contribution >= 0.6 is 23.2 Å². The summed E-state index contributed by atoms with van der Waals surface area (Å²) in [7, 11) is 0. The second kappa shape index (κ2) is 5.63. The number of aromatic nitrogens is 2. The lowest BCUT2D eigenvalue weighted by Crippen LogP contribution is -1.94. The van der Waals surface area contributed by atoms with E-state index in [9.17, 15) is 0 Å². The topological polar surface area (TPSA) is 25.8 Å². The Morgan fingerprint density at radius 2 is 1.67 bits per heavy atom. The van der Waals surface area contributed by atoms with Crippen LogP contribution in [0.4, 0.5) is 0 Å². The first kappa shape index (κ1) is 14.3. The maximum atomic E-state index is 6.34. The summed E-state index contributed by atoms with van der Waals surface area (Å²) in [4.78, 5) is 9.02. The fourth-order valence-corrected chi connectivity index (χ4v) is 2.85. The molecule has 0 unspecified atom stereocenters. The van der Waals surface area contributed by atoms with E-state index in [0.717, 1.165) is 22.9 Å². The third kappa shape index (κ3) is 2.61. The van der Waals surface area contributed by atoms with E-state index in [1.165, 1.54) is 5.56 Å². The highest BCUT2D eigenvalue weighted by atomic mass is 35.5. The van der Waals surface area contributed by atoms with Crippen molar-refractivity contribution in [1.82, 2.24) is 9.97 Å². The molecule has 0 fully saturated rings. The molecule has 3 aromatic rings. The van der Waals surface area contributed by atoms with Crippen molar-refractivity contribution in [1.29, 1.82) is 0 Å². The van der Waals surface area contributed by atoms with Gasteiger partial charge in [-0.25, -0.2) is 9.97 Å². The van der Waals surface area contributed by atoms with Gasteiger partial charge in [0.15, 0.2) is 5.82 Å². The Morgan fingerprint density at radius 3 is 2.33 bits per heavy atom. The average Bonchev–Trinajstić information content (AvgIpc) is 2.50. The zero-order chi connectivity index (χ0) is 15.0. The van der Waals surface area contributed by atoms with Gasteiger partial charge in [0, 0.05) is 10.9 Å². The Bertz CT molecular complexity index is 811. The Morgan fingerprint density at radius 1 is 0.952 bits per heavy atom. The van der Waals surface area contributed by atoms with Gasteiger partial charge in [0.1, 0.15) is 5.15 Å². The lowest BCUT2D eigenvalue weighted by Gasteiger charge is -2.08. The zero-order valence-electron chi connectivity index (χ0n) is 11.8. The zero-order valence-corrected chi connectivity index (χ0v) is 13.3. The van der Waals surface area contributed by atoms with Crippen LogP contribution in [0.3, 0.4) is 0 Å². The molecule has 21 heavy (non-hydrogen) atoms. The van der Waals surface area contributed by atoms with Crippen molar-refractivity contribution < 1.29 is 0 Å². The molecular formula is C17H14Cl2N2. The van der Waals surface area contributed by atoms with E-state index in [1.54, 1.807) is 0 Å². The van der Waals surface area contributed by atoms with Crippen molar-refractivity contribution >= 4 is 34.1 Å². The Labute approximate surface area is 133 Å². The highest BCUT2D eigenvalue weighted by Gasteiger charge is 2.12. The normalized spacial score (nSPS) is 11.0. The monoisotopic (exact) mass is 316 g/mol. The van der Waals surface area contributed by atoms with E-state index >= 15 is 0 Å². The van der Waals surface area contributed by atoms with Crippen LogP contribution in [0.25, 0.3) is 22.3 Å². The van der Waals surface area contributed by atoms with Crippen molar-refractivity contribution in [3.63, 3.8) is 0 Å². The van der Waals surface area contributed by atoms with Crippen LogP contribution in [-0.2, 0) is 6.42 Å². The molecule has 0 spiro atoms. The third-order valence-electron chi connectivity index (χ3n) is 3.59. The largest absolute Gasteiger partial charge is 0.226 e. The van der Waals surface area contributed by atoms with Crippen LogP contribution in [0.1, 0.15) is 18.1 Å². The molecule has 1 aromatic heterocycles. The Hall–Kier alpha value is -1.64. The van der Waals surface area contributed by atoms with E-state index in [4.69, 9.17) is 23.2 Å². The smallest absolute Gasteiger partial charge is 0.161 e. The molecule has 4 heteroatoms. The van der Waals surface area contributed by atoms with Gasteiger partial charge < -0.3 is 0 Å². The molecule has 0 bridgehead atoms. The number of benzene rings is 2. The number of nitrogens with zero attached hydrogens (tertiary/aromatic N) is 2. The van der Waals surface area contributed by atoms with Gasteiger partial charge >= 0.3 is 0 Å². The van der Waals surface area contributed by atoms with E-state index in [0.29, 0.717) is 21.5 Å². The molecule has 0 atom stereocenters. The first-order valence-corrected chi connectivity index (χ1v) is 7.57. The van der Waals surface area contributed by atoms with Crippen LogP contribution in [0.15, 0.2) is 36.4 Å². The van der Waals surface area contributed by atoms with Gasteiger partial charge in [-0.2, -0.15) is 0 Å². The van der Waals surface area contributed by atoms with E-state index < -0.39 is 0 Å². The number of halogens is 2. The minimum absolute atomic E-state index is 0.439. The number of aryl methyl sites for hydroxylation is 2. The molecule has 2 nitrogen and oxygen atoms in total. The summed E-state index contributed by atoms with van der Waals surface area (Å²) < 4.78 is 0. The Balaban J connectivity index is 2.22. The van der Waals surface area contributed by atoms with Gasteiger partial charge in [-0.05, 0) is 30.5 Å². The van der Waals surface area contributed by atoms with E-state index in [2.05, 4.69) is 29.0 Å². The average molecular weight is 317 g/mol. The number of hydrogen-bond donors (Lipinski definition) is 0. The molecule has 0 radical (unpaired) electrons. The molecule has 0 N–H and O–H groups in total. The van der Waals surface area contributed by atoms with E-state index in [1.807, 2.05) is 31.2 Å². The fraction of sp³-hybridized carbons (Fsp3) is 0.176. The predicted molar refractivity (Wildman–Crippen MR) is 89.1 cm³/mol. The van der Waals surface area contributed by atoms with Crippen molar-refractivity contribution in [2.45, 2.75) is 20.3 Å². The quantitative estimate of drug-likeness (QED) is 0.585. The maximum Gasteiger partial charge on any atom is 0.161 e. The molecule has 2 aromatic carbocycles. The van der Waals surface area contributed by atoms with Gasteiger partial charge in [-0.1, -0.05) is 60.5 Å². The van der Waals surface area contributed by atoms with Gasteiger partial charge in [-0.3, -0.25) is 0 Å². The third-order valence-corrected chi connectivity index (χ3v) is 4.16. The summed E-state index contributed by atoms with van der Waals surface area (Å²) in [6.07, 6.45) is 1.00. The van der Waals surface area contributed by atoms with Crippen LogP contribution in [0.2, 0.25) is 10.2 Å². The highest BCUT2D eigenvalue weighted by molar-refractivity contribution is 6.38. The molecule has 3 rings (SSSR count). The molecule has 0 amide bonds. The van der Waals surface area contributed by atoms with Crippen molar-refractivity contribution in [3.8, 4) is 11.4 Å². The van der Waals surface area contributed by atoms with Crippen molar-refractivity contribution in [2.24, 2.45) is 0 Å². The molecule has 0 aliphatic rings. The van der Waals surface area contributed by atoms with Crippen molar-refractivity contribution in [3.05, 3.63) is 57.7 Å². The first-order valence-electron chi connectivity index (χ1n) is 6.82. The van der Waals surface area contributed by atoms with Crippen molar-refractivity contribution in [2.75, 3.05) is 0 Å². The second-order valence-corrected chi connectivity index (χ2v) is 5.74. The minimum atomic E-state index is 0.439. The Kier molecular flexibility index (Phi) is 3.83. The molecule has 0 aliphatic carbocycles. The molecule has 0 saturated heterocycles. The van der Waals surface area contributed by atoms with Gasteiger partial charge in [0.25, 0.3) is 0 Å². The first-order chi connectivity index (χ1) is 10.1. The molecule has 0 aliphatic heterocycles. The summed E-state index contributed by atoms with van der Waals surface area (Å²) >= 11 is 12.6. The number of fused-ring (bicyclic) bond motifs is 1. The van der Waals surface area contributed by atoms with Gasteiger partial charge in [0.2, 0.25) is 0 Å². The van der Waals surface area contributed by atoms with Crippen LogP contribution in [0, 0.1) is 6.92 Å². The minimum Gasteiger partial charge on any atom is -0.226 e. The summed E-state index contributed by atoms with van der Waals surface area (Å²) in [5.41, 5.74) is 3.94. The molecular weight excluding hydrogens is 303 g/mol. The van der Waals surface area contributed by atoms with Gasteiger partial charge in [0.05, 0.1) is 10.5 Å². The predicted octanol–water partition coefficient (Wildman–Crippen LogP) is 5.47. The molecule has 106 valence electrons. The SMILES string of the molecule is CCc1ccc(-c2nc(Cl)c3c(C)ccc(Cl)c3n2)cc1. The van der Waals surface area contributed by atoms with Crippen LogP contribution in [-0.4, -0.2) is 9.97 Å². The molecule has 0 saturated carbocycles. The summed E-state index contributed by atoms with van der Waals surface area (Å²) in [5, 5.41) is 1.85. The van der Waals surface area contributed by atoms with Crippen LogP contribution in [0.5, 0.6) is 0 Å². The van der Waals surface area contributed by atoms with E-state index in [-0.39, 0.29) is 0 Å². The maximum absolute atomic E-state index is 6.34. The van der Waals surface area contributed by atoms with Crippen LogP contribution < -0.4 is 0 Å². The standard InChI is InChI=1S/C17H14Cl2N2/c1-3-11-5-7-12(8-6-11)17-20-15-13(18)9-4-10(2)14(15)16(19)21-17/h4-9H,3H2,1-2H3. The summed E-state index contributed by atoms with van der Waals surface area (Å²) in [6, 6.07) is 11.9. The fourth-order valence-electron chi connectivity index (χ4n) is 2.33. The lowest BCUT2D eigenvalue weighted by atomic mass is 10.1. The molecule has 1 heterocycles. The summed E-state index contributed by atoms with van der Waals surface area (Å²) in [5.74, 6) is 0.600.